The summed E-state index contributed by atoms with van der Waals surface area (Å²) in [6.45, 7) is 5.95. The second-order valence-corrected chi connectivity index (χ2v) is 4.31. The fourth-order valence-corrected chi connectivity index (χ4v) is 1.38. The molecule has 6 heteroatoms. The van der Waals surface area contributed by atoms with Gasteiger partial charge in [-0.3, -0.25) is 14.4 Å². The van der Waals surface area contributed by atoms with E-state index in [1.165, 1.54) is 0 Å². The highest BCUT2D eigenvalue weighted by Gasteiger charge is 2.09. The third kappa shape index (κ3) is 16.6. The Morgan fingerprint density at radius 3 is 2.10 bits per heavy atom. The first kappa shape index (κ1) is 20.9. The van der Waals surface area contributed by atoms with Gasteiger partial charge >= 0.3 is 11.9 Å². The van der Waals surface area contributed by atoms with Crippen LogP contribution < -0.4 is 0 Å². The van der Waals surface area contributed by atoms with Crippen LogP contribution in [0.5, 0.6) is 0 Å². The van der Waals surface area contributed by atoms with Crippen molar-refractivity contribution < 1.29 is 29.3 Å². The number of ketones is 1. The van der Waals surface area contributed by atoms with Crippen LogP contribution in [0.1, 0.15) is 59.3 Å². The molecule has 2 N–H and O–H groups in total. The summed E-state index contributed by atoms with van der Waals surface area (Å²) in [5.41, 5.74) is 0. The lowest BCUT2D eigenvalue weighted by Gasteiger charge is -2.07. The predicted molar refractivity (Wildman–Crippen MR) is 74.3 cm³/mol. The van der Waals surface area contributed by atoms with Crippen molar-refractivity contribution in [1.29, 1.82) is 0 Å². The highest BCUT2D eigenvalue weighted by atomic mass is 16.5. The van der Waals surface area contributed by atoms with Crippen molar-refractivity contribution in [3.05, 3.63) is 0 Å². The Bertz CT molecular complexity index is 287. The fraction of sp³-hybridized carbons (Fsp3) is 0.786. The highest BCUT2D eigenvalue weighted by molar-refractivity contribution is 5.94. The van der Waals surface area contributed by atoms with Gasteiger partial charge in [-0.05, 0) is 19.8 Å². The summed E-state index contributed by atoms with van der Waals surface area (Å²) in [6, 6.07) is 0. The molecule has 1 unspecified atom stereocenters. The molecule has 20 heavy (non-hydrogen) atoms. The first-order chi connectivity index (χ1) is 9.37. The summed E-state index contributed by atoms with van der Waals surface area (Å²) < 4.78 is 4.66. The molecule has 6 nitrogen and oxygen atoms in total. The van der Waals surface area contributed by atoms with Crippen LogP contribution in [0.25, 0.3) is 0 Å². The van der Waals surface area contributed by atoms with Crippen molar-refractivity contribution in [2.45, 2.75) is 65.4 Å². The van der Waals surface area contributed by atoms with Crippen molar-refractivity contribution in [3.8, 4) is 0 Å². The van der Waals surface area contributed by atoms with Gasteiger partial charge in [-0.15, -0.1) is 0 Å². The van der Waals surface area contributed by atoms with E-state index in [0.717, 1.165) is 12.8 Å². The second kappa shape index (κ2) is 14.0. The minimum atomic E-state index is -1.03. The van der Waals surface area contributed by atoms with E-state index in [0.29, 0.717) is 19.4 Å². The van der Waals surface area contributed by atoms with E-state index >= 15 is 0 Å². The topological polar surface area (TPSA) is 101 Å². The number of esters is 1. The number of ether oxygens (including phenoxy) is 1. The van der Waals surface area contributed by atoms with Crippen LogP contribution in [0.4, 0.5) is 0 Å². The van der Waals surface area contributed by atoms with E-state index in [4.69, 9.17) is 10.2 Å². The number of carboxylic acid groups (broad SMARTS) is 1. The Hall–Kier alpha value is -1.43. The number of aliphatic hydroxyl groups excluding tert-OH is 1. The maximum atomic E-state index is 10.7. The number of carboxylic acids is 1. The molecule has 0 aliphatic carbocycles. The Kier molecular flexibility index (Phi) is 14.6. The highest BCUT2D eigenvalue weighted by Crippen LogP contribution is 2.01. The zero-order valence-electron chi connectivity index (χ0n) is 12.6. The van der Waals surface area contributed by atoms with E-state index < -0.39 is 12.1 Å². The van der Waals surface area contributed by atoms with Gasteiger partial charge in [-0.1, -0.05) is 20.3 Å². The van der Waals surface area contributed by atoms with E-state index in [9.17, 15) is 14.4 Å². The Labute approximate surface area is 120 Å². The largest absolute Gasteiger partial charge is 0.481 e. The molecule has 1 atom stereocenters. The molecule has 0 radical (unpaired) electrons. The SMILES string of the molecule is CCCC(=O)CC(=O)O.CCCC(O)CC(=O)OCC. The van der Waals surface area contributed by atoms with Gasteiger partial charge in [0.15, 0.2) is 0 Å². The fourth-order valence-electron chi connectivity index (χ4n) is 1.38. The number of carbonyl (C=O) groups is 3. The van der Waals surface area contributed by atoms with Crippen LogP contribution in [0.3, 0.4) is 0 Å². The van der Waals surface area contributed by atoms with Crippen LogP contribution in [-0.4, -0.2) is 40.6 Å². The average molecular weight is 290 g/mol. The molecule has 0 rings (SSSR count). The molecule has 0 aromatic heterocycles. The molecular weight excluding hydrogens is 264 g/mol. The summed E-state index contributed by atoms with van der Waals surface area (Å²) in [7, 11) is 0. The number of aliphatic carboxylic acids is 1. The molecule has 0 saturated heterocycles. The minimum Gasteiger partial charge on any atom is -0.481 e. The summed E-state index contributed by atoms with van der Waals surface area (Å²) in [5.74, 6) is -1.54. The van der Waals surface area contributed by atoms with Crippen LogP contribution in [0.15, 0.2) is 0 Å². The first-order valence-electron chi connectivity index (χ1n) is 6.94. The molecule has 0 saturated carbocycles. The van der Waals surface area contributed by atoms with E-state index in [1.807, 2.05) is 13.8 Å². The second-order valence-electron chi connectivity index (χ2n) is 4.31. The predicted octanol–water partition coefficient (Wildman–Crippen LogP) is 1.93. The standard InChI is InChI=1S/C8H16O3.C6H10O3/c1-3-5-7(9)6-8(10)11-4-2;1-2-3-5(7)4-6(8)9/h7,9H,3-6H2,1-2H3;2-4H2,1H3,(H,8,9). The number of hydrogen-bond acceptors (Lipinski definition) is 5. The van der Waals surface area contributed by atoms with Gasteiger partial charge in [-0.2, -0.15) is 0 Å². The summed E-state index contributed by atoms with van der Waals surface area (Å²) in [5, 5.41) is 17.2. The van der Waals surface area contributed by atoms with Crippen LogP contribution in [-0.2, 0) is 19.1 Å². The third-order valence-electron chi connectivity index (χ3n) is 2.21. The molecule has 0 aromatic carbocycles. The van der Waals surface area contributed by atoms with Crippen molar-refractivity contribution in [1.82, 2.24) is 0 Å². The molecule has 0 heterocycles. The Morgan fingerprint density at radius 1 is 1.10 bits per heavy atom. The number of Topliss-reactive ketones (excluding diaryl/α,β-unsaturated/α-hetero) is 1. The normalized spacial score (nSPS) is 11.0. The Balaban J connectivity index is 0. The molecule has 0 aliphatic heterocycles. The lowest BCUT2D eigenvalue weighted by atomic mass is 10.1. The van der Waals surface area contributed by atoms with Crippen molar-refractivity contribution in [2.24, 2.45) is 0 Å². The molecule has 0 aromatic rings. The van der Waals surface area contributed by atoms with Gasteiger partial charge in [0, 0.05) is 6.42 Å². The number of aliphatic hydroxyl groups is 1. The zero-order valence-corrected chi connectivity index (χ0v) is 12.6. The Morgan fingerprint density at radius 2 is 1.70 bits per heavy atom. The average Bonchev–Trinajstić information content (AvgIpc) is 2.29. The van der Waals surface area contributed by atoms with Gasteiger partial charge in [-0.25, -0.2) is 0 Å². The van der Waals surface area contributed by atoms with Gasteiger partial charge in [0.05, 0.1) is 19.1 Å². The molecule has 0 fully saturated rings. The zero-order chi connectivity index (χ0) is 16.0. The number of hydrogen-bond donors (Lipinski definition) is 2. The summed E-state index contributed by atoms with van der Waals surface area (Å²) in [6.07, 6.45) is 1.94. The lowest BCUT2D eigenvalue weighted by Crippen LogP contribution is -2.15. The maximum absolute atomic E-state index is 10.7. The van der Waals surface area contributed by atoms with E-state index in [-0.39, 0.29) is 24.6 Å². The van der Waals surface area contributed by atoms with Gasteiger partial charge < -0.3 is 14.9 Å². The molecule has 0 aliphatic rings. The van der Waals surface area contributed by atoms with Gasteiger partial charge in [0.25, 0.3) is 0 Å². The van der Waals surface area contributed by atoms with Gasteiger partial charge in [0.2, 0.25) is 0 Å². The van der Waals surface area contributed by atoms with E-state index in [2.05, 4.69) is 4.74 Å². The minimum absolute atomic E-state index is 0.127. The maximum Gasteiger partial charge on any atom is 0.310 e. The number of rotatable bonds is 9. The molecule has 0 spiro atoms. The van der Waals surface area contributed by atoms with Crippen molar-refractivity contribution >= 4 is 17.7 Å². The van der Waals surface area contributed by atoms with Crippen LogP contribution in [0, 0.1) is 0 Å². The van der Waals surface area contributed by atoms with Gasteiger partial charge in [0.1, 0.15) is 12.2 Å². The molecular formula is C14H26O6. The van der Waals surface area contributed by atoms with Crippen LogP contribution >= 0.6 is 0 Å². The van der Waals surface area contributed by atoms with Crippen molar-refractivity contribution in [3.63, 3.8) is 0 Å². The summed E-state index contributed by atoms with van der Waals surface area (Å²) >= 11 is 0. The smallest absolute Gasteiger partial charge is 0.310 e. The first-order valence-corrected chi connectivity index (χ1v) is 6.94. The quantitative estimate of drug-likeness (QED) is 0.497. The monoisotopic (exact) mass is 290 g/mol. The molecule has 0 bridgehead atoms. The molecule has 118 valence electrons. The lowest BCUT2D eigenvalue weighted by molar-refractivity contribution is -0.145. The van der Waals surface area contributed by atoms with Crippen molar-refractivity contribution in [2.75, 3.05) is 6.61 Å². The van der Waals surface area contributed by atoms with Crippen LogP contribution in [0.2, 0.25) is 0 Å². The molecule has 0 amide bonds. The number of carbonyl (C=O) groups excluding carboxylic acids is 2. The summed E-state index contributed by atoms with van der Waals surface area (Å²) in [4.78, 5) is 31.1. The third-order valence-corrected chi connectivity index (χ3v) is 2.21. The van der Waals surface area contributed by atoms with E-state index in [1.54, 1.807) is 6.92 Å².